The molecule has 1 aromatic carbocycles. The monoisotopic (exact) mass is 401 g/mol. The quantitative estimate of drug-likeness (QED) is 0.483. The zero-order valence-corrected chi connectivity index (χ0v) is 13.5. The zero-order chi connectivity index (χ0) is 15.6. The molecule has 0 saturated carbocycles. The minimum Gasteiger partial charge on any atom is -0.361 e. The Morgan fingerprint density at radius 1 is 1.48 bits per heavy atom. The molecule has 0 aliphatic rings. The highest BCUT2D eigenvalue weighted by Crippen LogP contribution is 2.20. The molecule has 0 bridgehead atoms. The lowest BCUT2D eigenvalue weighted by Gasteiger charge is -2.06. The number of amides is 1. The number of nitrogens with one attached hydrogen (secondary N) is 1. The molecule has 1 heterocycles. The van der Waals surface area contributed by atoms with E-state index in [1.165, 1.54) is 12.1 Å². The Hall–Kier alpha value is -1.97. The van der Waals surface area contributed by atoms with Gasteiger partial charge in [0, 0.05) is 27.8 Å². The Morgan fingerprint density at radius 2 is 2.19 bits per heavy atom. The van der Waals surface area contributed by atoms with Crippen molar-refractivity contribution < 1.29 is 14.2 Å². The van der Waals surface area contributed by atoms with Crippen molar-refractivity contribution >= 4 is 34.2 Å². The molecule has 2 rings (SSSR count). The lowest BCUT2D eigenvalue weighted by Crippen LogP contribution is -2.24. The van der Waals surface area contributed by atoms with Gasteiger partial charge in [0.2, 0.25) is 0 Å². The van der Waals surface area contributed by atoms with Crippen LogP contribution in [0.4, 0.5) is 5.69 Å². The second-order valence-electron chi connectivity index (χ2n) is 4.41. The molecule has 0 spiro atoms. The number of aryl methyl sites for hydroxylation is 2. The van der Waals surface area contributed by atoms with Gasteiger partial charge in [0.05, 0.1) is 16.2 Å². The van der Waals surface area contributed by atoms with Crippen LogP contribution < -0.4 is 5.32 Å². The number of hydrogen-bond acceptors (Lipinski definition) is 5. The Morgan fingerprint density at radius 3 is 2.76 bits per heavy atom. The van der Waals surface area contributed by atoms with Crippen LogP contribution in [-0.4, -0.2) is 16.0 Å². The zero-order valence-electron chi connectivity index (χ0n) is 11.3. The van der Waals surface area contributed by atoms with Gasteiger partial charge in [0.15, 0.2) is 0 Å². The number of halogens is 1. The normalized spacial score (nSPS) is 10.4. The molecule has 8 heteroatoms. The van der Waals surface area contributed by atoms with E-state index in [0.717, 1.165) is 5.56 Å². The fourth-order valence-electron chi connectivity index (χ4n) is 1.82. The van der Waals surface area contributed by atoms with Crippen molar-refractivity contribution in [2.75, 3.05) is 0 Å². The molecule has 1 N–H and O–H groups in total. The van der Waals surface area contributed by atoms with Crippen LogP contribution in [0.5, 0.6) is 0 Å². The third-order valence-corrected chi connectivity index (χ3v) is 3.95. The Balaban J connectivity index is 2.17. The van der Waals surface area contributed by atoms with Gasteiger partial charge in [0.1, 0.15) is 5.76 Å². The Kier molecular flexibility index (Phi) is 4.56. The third kappa shape index (κ3) is 3.38. The maximum atomic E-state index is 12.2. The van der Waals surface area contributed by atoms with Crippen molar-refractivity contribution in [2.24, 2.45) is 0 Å². The summed E-state index contributed by atoms with van der Waals surface area (Å²) in [5.74, 6) is 0.268. The SMILES string of the molecule is Cc1noc(C)c1CNC(=O)c1cc([N+](=O)[O-])ccc1I. The maximum Gasteiger partial charge on any atom is 0.270 e. The summed E-state index contributed by atoms with van der Waals surface area (Å²) in [7, 11) is 0. The van der Waals surface area contributed by atoms with Crippen molar-refractivity contribution in [2.45, 2.75) is 20.4 Å². The predicted octanol–water partition coefficient (Wildman–Crippen LogP) is 2.73. The van der Waals surface area contributed by atoms with Gasteiger partial charge < -0.3 is 9.84 Å². The van der Waals surface area contributed by atoms with Crippen molar-refractivity contribution in [3.8, 4) is 0 Å². The predicted molar refractivity (Wildman–Crippen MR) is 83.0 cm³/mol. The molecule has 0 radical (unpaired) electrons. The Labute approximate surface area is 134 Å². The van der Waals surface area contributed by atoms with E-state index >= 15 is 0 Å². The smallest absolute Gasteiger partial charge is 0.270 e. The van der Waals surface area contributed by atoms with Crippen LogP contribution in [-0.2, 0) is 6.54 Å². The molecule has 110 valence electrons. The number of benzene rings is 1. The molecule has 0 atom stereocenters. The van der Waals surface area contributed by atoms with Crippen LogP contribution in [0, 0.1) is 27.5 Å². The van der Waals surface area contributed by atoms with E-state index in [0.29, 0.717) is 15.0 Å². The number of hydrogen-bond donors (Lipinski definition) is 1. The van der Waals surface area contributed by atoms with Gasteiger partial charge in [-0.25, -0.2) is 0 Å². The highest BCUT2D eigenvalue weighted by atomic mass is 127. The highest BCUT2D eigenvalue weighted by molar-refractivity contribution is 14.1. The van der Waals surface area contributed by atoms with E-state index in [1.807, 2.05) is 22.6 Å². The first kappa shape index (κ1) is 15.4. The molecule has 0 saturated heterocycles. The number of nitrogens with zero attached hydrogens (tertiary/aromatic N) is 2. The first-order valence-electron chi connectivity index (χ1n) is 6.04. The van der Waals surface area contributed by atoms with E-state index < -0.39 is 4.92 Å². The molecule has 1 aromatic heterocycles. The molecule has 0 aliphatic carbocycles. The van der Waals surface area contributed by atoms with E-state index in [-0.39, 0.29) is 23.7 Å². The molecule has 7 nitrogen and oxygen atoms in total. The van der Waals surface area contributed by atoms with Crippen LogP contribution in [0.25, 0.3) is 0 Å². The van der Waals surface area contributed by atoms with Gasteiger partial charge in [0.25, 0.3) is 11.6 Å². The molecule has 2 aromatic rings. The number of non-ortho nitro benzene ring substituents is 1. The molecule has 0 unspecified atom stereocenters. The van der Waals surface area contributed by atoms with Gasteiger partial charge in [-0.1, -0.05) is 5.16 Å². The summed E-state index contributed by atoms with van der Waals surface area (Å²) < 4.78 is 5.66. The van der Waals surface area contributed by atoms with Crippen molar-refractivity contribution in [1.29, 1.82) is 0 Å². The molecule has 21 heavy (non-hydrogen) atoms. The van der Waals surface area contributed by atoms with E-state index in [9.17, 15) is 14.9 Å². The highest BCUT2D eigenvalue weighted by Gasteiger charge is 2.16. The van der Waals surface area contributed by atoms with Crippen molar-refractivity contribution in [3.63, 3.8) is 0 Å². The first-order valence-corrected chi connectivity index (χ1v) is 7.12. The second kappa shape index (κ2) is 6.20. The summed E-state index contributed by atoms with van der Waals surface area (Å²) in [6.45, 7) is 3.81. The summed E-state index contributed by atoms with van der Waals surface area (Å²) >= 11 is 1.97. The molecular formula is C13H12IN3O4. The Bertz CT molecular complexity index is 692. The largest absolute Gasteiger partial charge is 0.361 e. The summed E-state index contributed by atoms with van der Waals surface area (Å²) in [6.07, 6.45) is 0. The van der Waals surface area contributed by atoms with Crippen LogP contribution in [0.2, 0.25) is 0 Å². The number of nitro benzene ring substituents is 1. The average molecular weight is 401 g/mol. The minimum absolute atomic E-state index is 0.113. The summed E-state index contributed by atoms with van der Waals surface area (Å²) in [5.41, 5.74) is 1.68. The van der Waals surface area contributed by atoms with E-state index in [4.69, 9.17) is 4.52 Å². The van der Waals surface area contributed by atoms with Crippen LogP contribution in [0.15, 0.2) is 22.7 Å². The number of rotatable bonds is 4. The molecule has 0 fully saturated rings. The summed E-state index contributed by atoms with van der Waals surface area (Å²) in [6, 6.07) is 4.18. The fraction of sp³-hybridized carbons (Fsp3) is 0.231. The molecule has 0 aliphatic heterocycles. The van der Waals surface area contributed by atoms with Crippen molar-refractivity contribution in [3.05, 3.63) is 54.5 Å². The first-order chi connectivity index (χ1) is 9.90. The standard InChI is InChI=1S/C13H12IN3O4/c1-7-11(8(2)21-16-7)6-15-13(18)10-5-9(17(19)20)3-4-12(10)14/h3-5H,6H2,1-2H3,(H,15,18). The second-order valence-corrected chi connectivity index (χ2v) is 5.57. The van der Waals surface area contributed by atoms with Gasteiger partial charge in [-0.3, -0.25) is 14.9 Å². The van der Waals surface area contributed by atoms with Gasteiger partial charge in [-0.05, 0) is 42.5 Å². The van der Waals surface area contributed by atoms with Gasteiger partial charge >= 0.3 is 0 Å². The number of aromatic nitrogens is 1. The number of nitro groups is 1. The van der Waals surface area contributed by atoms with Crippen LogP contribution in [0.3, 0.4) is 0 Å². The number of carbonyl (C=O) groups is 1. The fourth-order valence-corrected chi connectivity index (χ4v) is 2.40. The van der Waals surface area contributed by atoms with Gasteiger partial charge in [-0.15, -0.1) is 0 Å². The number of carbonyl (C=O) groups excluding carboxylic acids is 1. The lowest BCUT2D eigenvalue weighted by molar-refractivity contribution is -0.384. The lowest BCUT2D eigenvalue weighted by atomic mass is 10.1. The van der Waals surface area contributed by atoms with E-state index in [2.05, 4.69) is 10.5 Å². The minimum atomic E-state index is -0.527. The van der Waals surface area contributed by atoms with Crippen molar-refractivity contribution in [1.82, 2.24) is 10.5 Å². The average Bonchev–Trinajstić information content (AvgIpc) is 2.75. The summed E-state index contributed by atoms with van der Waals surface area (Å²) in [5, 5.41) is 17.3. The summed E-state index contributed by atoms with van der Waals surface area (Å²) in [4.78, 5) is 22.4. The maximum absolute atomic E-state index is 12.2. The van der Waals surface area contributed by atoms with Crippen LogP contribution in [0.1, 0.15) is 27.4 Å². The van der Waals surface area contributed by atoms with E-state index in [1.54, 1.807) is 19.9 Å². The van der Waals surface area contributed by atoms with Gasteiger partial charge in [-0.2, -0.15) is 0 Å². The molecule has 1 amide bonds. The molecular weight excluding hydrogens is 389 g/mol. The van der Waals surface area contributed by atoms with Crippen LogP contribution >= 0.6 is 22.6 Å². The third-order valence-electron chi connectivity index (χ3n) is 3.01. The topological polar surface area (TPSA) is 98.3 Å².